The highest BCUT2D eigenvalue weighted by molar-refractivity contribution is 8.00. The van der Waals surface area contributed by atoms with Crippen LogP contribution < -0.4 is 4.90 Å². The van der Waals surface area contributed by atoms with Crippen LogP contribution in [0.15, 0.2) is 18.2 Å². The summed E-state index contributed by atoms with van der Waals surface area (Å²) < 4.78 is 0. The van der Waals surface area contributed by atoms with E-state index in [-0.39, 0.29) is 17.1 Å². The van der Waals surface area contributed by atoms with Crippen molar-refractivity contribution in [2.45, 2.75) is 32.4 Å². The maximum absolute atomic E-state index is 12.3. The first-order valence-corrected chi connectivity index (χ1v) is 7.15. The van der Waals surface area contributed by atoms with Crippen LogP contribution in [-0.2, 0) is 9.59 Å². The highest BCUT2D eigenvalue weighted by Gasteiger charge is 2.40. The van der Waals surface area contributed by atoms with Crippen LogP contribution in [-0.4, -0.2) is 22.8 Å². The zero-order valence-corrected chi connectivity index (χ0v) is 11.7. The summed E-state index contributed by atoms with van der Waals surface area (Å²) >= 11 is 1.55. The van der Waals surface area contributed by atoms with Crippen LogP contribution in [0, 0.1) is 13.8 Å². The molecule has 2 amide bonds. The first-order valence-electron chi connectivity index (χ1n) is 6.11. The zero-order chi connectivity index (χ0) is 13.3. The van der Waals surface area contributed by atoms with Crippen LogP contribution in [0.25, 0.3) is 0 Å². The average Bonchev–Trinajstić information content (AvgIpc) is 2.57. The van der Waals surface area contributed by atoms with Crippen molar-refractivity contribution in [1.82, 2.24) is 0 Å². The van der Waals surface area contributed by atoms with Crippen LogP contribution in [0.3, 0.4) is 0 Å². The Hall–Kier alpha value is -1.29. The van der Waals surface area contributed by atoms with Gasteiger partial charge in [0.1, 0.15) is 0 Å². The maximum atomic E-state index is 12.3. The fourth-order valence-corrected chi connectivity index (χ4v) is 3.24. The van der Waals surface area contributed by atoms with Gasteiger partial charge in [-0.2, -0.15) is 0 Å². The number of hydrogen-bond acceptors (Lipinski definition) is 3. The Kier molecular flexibility index (Phi) is 3.76. The minimum atomic E-state index is -0.207. The number of nitrogens with zero attached hydrogens (tertiary/aromatic N) is 1. The number of aryl methyl sites for hydroxylation is 2. The SMILES string of the molecule is CCS[C@@H]1CC(=O)N(c2c(C)cccc2C)C1=O. The second kappa shape index (κ2) is 5.14. The van der Waals surface area contributed by atoms with E-state index in [1.165, 1.54) is 4.90 Å². The predicted molar refractivity (Wildman–Crippen MR) is 74.9 cm³/mol. The molecule has 0 spiro atoms. The monoisotopic (exact) mass is 263 g/mol. The van der Waals surface area contributed by atoms with E-state index < -0.39 is 0 Å². The van der Waals surface area contributed by atoms with E-state index in [1.54, 1.807) is 11.8 Å². The van der Waals surface area contributed by atoms with Gasteiger partial charge in [-0.3, -0.25) is 9.59 Å². The van der Waals surface area contributed by atoms with E-state index in [0.717, 1.165) is 22.6 Å². The van der Waals surface area contributed by atoms with Gasteiger partial charge in [0.2, 0.25) is 11.8 Å². The van der Waals surface area contributed by atoms with Crippen LogP contribution in [0.4, 0.5) is 5.69 Å². The fraction of sp³-hybridized carbons (Fsp3) is 0.429. The van der Waals surface area contributed by atoms with Gasteiger partial charge in [-0.05, 0) is 30.7 Å². The lowest BCUT2D eigenvalue weighted by molar-refractivity contribution is -0.121. The van der Waals surface area contributed by atoms with Crippen molar-refractivity contribution in [1.29, 1.82) is 0 Å². The number of benzene rings is 1. The number of rotatable bonds is 3. The zero-order valence-electron chi connectivity index (χ0n) is 10.9. The van der Waals surface area contributed by atoms with Gasteiger partial charge >= 0.3 is 0 Å². The van der Waals surface area contributed by atoms with Gasteiger partial charge in [-0.25, -0.2) is 4.90 Å². The number of amides is 2. The molecule has 1 aromatic carbocycles. The molecule has 96 valence electrons. The molecule has 1 aliphatic heterocycles. The molecule has 1 aromatic rings. The molecule has 0 unspecified atom stereocenters. The van der Waals surface area contributed by atoms with E-state index in [9.17, 15) is 9.59 Å². The number of para-hydroxylation sites is 1. The summed E-state index contributed by atoms with van der Waals surface area (Å²) in [6, 6.07) is 5.81. The third-order valence-corrected chi connectivity index (χ3v) is 4.24. The van der Waals surface area contributed by atoms with Crippen molar-refractivity contribution in [3.05, 3.63) is 29.3 Å². The van der Waals surface area contributed by atoms with Crippen LogP contribution in [0.5, 0.6) is 0 Å². The summed E-state index contributed by atoms with van der Waals surface area (Å²) in [5, 5.41) is -0.207. The van der Waals surface area contributed by atoms with E-state index in [2.05, 4.69) is 0 Å². The summed E-state index contributed by atoms with van der Waals surface area (Å²) in [6.07, 6.45) is 0.325. The molecule has 4 heteroatoms. The lowest BCUT2D eigenvalue weighted by Crippen LogP contribution is -2.32. The lowest BCUT2D eigenvalue weighted by atomic mass is 10.1. The number of hydrogen-bond donors (Lipinski definition) is 0. The van der Waals surface area contributed by atoms with Crippen molar-refractivity contribution in [3.8, 4) is 0 Å². The Bertz CT molecular complexity index is 478. The van der Waals surface area contributed by atoms with Gasteiger partial charge in [-0.1, -0.05) is 25.1 Å². The van der Waals surface area contributed by atoms with Crippen molar-refractivity contribution < 1.29 is 9.59 Å². The van der Waals surface area contributed by atoms with Crippen LogP contribution >= 0.6 is 11.8 Å². The van der Waals surface area contributed by atoms with Crippen LogP contribution in [0.2, 0.25) is 0 Å². The van der Waals surface area contributed by atoms with Gasteiger partial charge in [0.05, 0.1) is 10.9 Å². The van der Waals surface area contributed by atoms with Gasteiger partial charge in [-0.15, -0.1) is 11.8 Å². The number of carbonyl (C=O) groups excluding carboxylic acids is 2. The highest BCUT2D eigenvalue weighted by Crippen LogP contribution is 2.33. The topological polar surface area (TPSA) is 37.4 Å². The first-order chi connectivity index (χ1) is 8.56. The number of anilines is 1. The van der Waals surface area contributed by atoms with E-state index in [1.807, 2.05) is 39.0 Å². The summed E-state index contributed by atoms with van der Waals surface area (Å²) in [7, 11) is 0. The molecule has 3 nitrogen and oxygen atoms in total. The molecule has 0 aromatic heterocycles. The molecule has 1 heterocycles. The number of imide groups is 1. The Morgan fingerprint density at radius 3 is 2.44 bits per heavy atom. The van der Waals surface area contributed by atoms with Gasteiger partial charge < -0.3 is 0 Å². The third-order valence-electron chi connectivity index (χ3n) is 3.14. The summed E-state index contributed by atoms with van der Waals surface area (Å²) in [4.78, 5) is 25.7. The predicted octanol–water partition coefficient (Wildman–Crippen LogP) is 2.69. The van der Waals surface area contributed by atoms with Gasteiger partial charge in [0.25, 0.3) is 0 Å². The number of carbonyl (C=O) groups is 2. The molecule has 1 saturated heterocycles. The number of thioether (sulfide) groups is 1. The molecule has 0 bridgehead atoms. The minimum absolute atomic E-state index is 0.0655. The molecule has 0 N–H and O–H groups in total. The van der Waals surface area contributed by atoms with Crippen molar-refractivity contribution >= 4 is 29.3 Å². The molecule has 18 heavy (non-hydrogen) atoms. The Morgan fingerprint density at radius 2 is 1.89 bits per heavy atom. The van der Waals surface area contributed by atoms with Gasteiger partial charge in [0, 0.05) is 6.42 Å². The largest absolute Gasteiger partial charge is 0.274 e. The maximum Gasteiger partial charge on any atom is 0.247 e. The van der Waals surface area contributed by atoms with Gasteiger partial charge in [0.15, 0.2) is 0 Å². The average molecular weight is 263 g/mol. The normalized spacial score (nSPS) is 19.7. The standard InChI is InChI=1S/C14H17NO2S/c1-4-18-11-8-12(16)15(14(11)17)13-9(2)6-5-7-10(13)3/h5-7,11H,4,8H2,1-3H3/t11-/m1/s1. The Balaban J connectivity index is 2.39. The second-order valence-corrected chi connectivity index (χ2v) is 5.94. The van der Waals surface area contributed by atoms with Crippen molar-refractivity contribution in [3.63, 3.8) is 0 Å². The highest BCUT2D eigenvalue weighted by atomic mass is 32.2. The second-order valence-electron chi connectivity index (χ2n) is 4.46. The third kappa shape index (κ3) is 2.17. The molecule has 0 saturated carbocycles. The smallest absolute Gasteiger partial charge is 0.247 e. The van der Waals surface area contributed by atoms with Crippen molar-refractivity contribution in [2.24, 2.45) is 0 Å². The van der Waals surface area contributed by atoms with E-state index in [4.69, 9.17) is 0 Å². The molecule has 2 rings (SSSR count). The molecular weight excluding hydrogens is 246 g/mol. The molecule has 1 atom stereocenters. The molecule has 1 fully saturated rings. The summed E-state index contributed by atoms with van der Waals surface area (Å²) in [6.45, 7) is 5.87. The summed E-state index contributed by atoms with van der Waals surface area (Å²) in [5.41, 5.74) is 2.71. The fourth-order valence-electron chi connectivity index (χ4n) is 2.33. The van der Waals surface area contributed by atoms with E-state index >= 15 is 0 Å². The molecule has 0 aliphatic carbocycles. The molecule has 1 aliphatic rings. The molecule has 0 radical (unpaired) electrons. The Morgan fingerprint density at radius 1 is 1.28 bits per heavy atom. The first kappa shape index (κ1) is 13.1. The Labute approximate surface area is 112 Å². The summed E-state index contributed by atoms with van der Waals surface area (Å²) in [5.74, 6) is 0.706. The minimum Gasteiger partial charge on any atom is -0.274 e. The quantitative estimate of drug-likeness (QED) is 0.787. The van der Waals surface area contributed by atoms with Crippen LogP contribution in [0.1, 0.15) is 24.5 Å². The van der Waals surface area contributed by atoms with E-state index in [0.29, 0.717) is 6.42 Å². The molecular formula is C14H17NO2S. The lowest BCUT2D eigenvalue weighted by Gasteiger charge is -2.19. The van der Waals surface area contributed by atoms with Crippen molar-refractivity contribution in [2.75, 3.05) is 10.7 Å².